The molecule has 1 fully saturated rings. The molecule has 1 unspecified atom stereocenters. The standard InChI is InChI=1S/C17H19N3O3.ClH/c1-12-15(16(21)19-8-7-14(11-19)17(22)23)9-18-20(12)10-13-5-3-2-4-6-13;/h2-6,9,14H,7-8,10-11H2,1H3,(H,22,23);1H. The van der Waals surface area contributed by atoms with E-state index in [0.29, 0.717) is 25.1 Å². The van der Waals surface area contributed by atoms with Crippen molar-refractivity contribution in [3.05, 3.63) is 53.3 Å². The molecule has 0 spiro atoms. The maximum atomic E-state index is 12.6. The topological polar surface area (TPSA) is 75.4 Å². The molecule has 1 amide bonds. The summed E-state index contributed by atoms with van der Waals surface area (Å²) in [5, 5.41) is 13.4. The van der Waals surface area contributed by atoms with Crippen LogP contribution in [0.5, 0.6) is 0 Å². The van der Waals surface area contributed by atoms with Gasteiger partial charge in [-0.3, -0.25) is 14.3 Å². The Balaban J connectivity index is 0.00000208. The monoisotopic (exact) mass is 349 g/mol. The predicted molar refractivity (Wildman–Crippen MR) is 91.4 cm³/mol. The first-order chi connectivity index (χ1) is 11.1. The number of carboxylic acid groups (broad SMARTS) is 1. The van der Waals surface area contributed by atoms with Gasteiger partial charge in [-0.05, 0) is 18.9 Å². The van der Waals surface area contributed by atoms with Crippen molar-refractivity contribution in [2.24, 2.45) is 5.92 Å². The average Bonchev–Trinajstić information content (AvgIpc) is 3.16. The number of hydrogen-bond acceptors (Lipinski definition) is 3. The molecule has 6 nitrogen and oxygen atoms in total. The number of carbonyl (C=O) groups is 2. The van der Waals surface area contributed by atoms with Crippen LogP contribution in [0.25, 0.3) is 0 Å². The first-order valence-electron chi connectivity index (χ1n) is 7.64. The van der Waals surface area contributed by atoms with Crippen molar-refractivity contribution in [3.63, 3.8) is 0 Å². The summed E-state index contributed by atoms with van der Waals surface area (Å²) in [5.41, 5.74) is 2.47. The van der Waals surface area contributed by atoms with E-state index in [2.05, 4.69) is 5.10 Å². The molecule has 1 aromatic carbocycles. The van der Waals surface area contributed by atoms with Gasteiger partial charge in [-0.15, -0.1) is 12.4 Å². The zero-order valence-corrected chi connectivity index (χ0v) is 14.2. The highest BCUT2D eigenvalue weighted by atomic mass is 35.5. The number of aromatic nitrogens is 2. The fourth-order valence-corrected chi connectivity index (χ4v) is 2.89. The Morgan fingerprint density at radius 2 is 2.00 bits per heavy atom. The highest BCUT2D eigenvalue weighted by Gasteiger charge is 2.32. The maximum Gasteiger partial charge on any atom is 0.308 e. The number of carbonyl (C=O) groups excluding carboxylic acids is 1. The zero-order chi connectivity index (χ0) is 16.4. The number of halogens is 1. The Kier molecular flexibility index (Phi) is 5.62. The van der Waals surface area contributed by atoms with Crippen LogP contribution in [-0.4, -0.2) is 44.8 Å². The van der Waals surface area contributed by atoms with E-state index in [9.17, 15) is 9.59 Å². The van der Waals surface area contributed by atoms with Crippen LogP contribution in [0.1, 0.15) is 28.0 Å². The van der Waals surface area contributed by atoms with E-state index in [-0.39, 0.29) is 24.9 Å². The molecule has 128 valence electrons. The number of aliphatic carboxylic acids is 1. The molecule has 24 heavy (non-hydrogen) atoms. The van der Waals surface area contributed by atoms with Crippen LogP contribution in [0, 0.1) is 12.8 Å². The van der Waals surface area contributed by atoms with Gasteiger partial charge < -0.3 is 10.0 Å². The van der Waals surface area contributed by atoms with Crippen LogP contribution >= 0.6 is 12.4 Å². The molecule has 0 bridgehead atoms. The second kappa shape index (κ2) is 7.49. The number of carboxylic acids is 1. The number of benzene rings is 1. The number of hydrogen-bond donors (Lipinski definition) is 1. The minimum absolute atomic E-state index is 0. The van der Waals surface area contributed by atoms with Crippen LogP contribution in [-0.2, 0) is 11.3 Å². The van der Waals surface area contributed by atoms with Crippen LogP contribution in [0.4, 0.5) is 0 Å². The van der Waals surface area contributed by atoms with Crippen molar-refractivity contribution in [2.45, 2.75) is 19.9 Å². The third-order valence-electron chi connectivity index (χ3n) is 4.33. The summed E-state index contributed by atoms with van der Waals surface area (Å²) in [6.45, 7) is 3.24. The predicted octanol–water partition coefficient (Wildman–Crippen LogP) is 2.21. The zero-order valence-electron chi connectivity index (χ0n) is 13.4. The first kappa shape index (κ1) is 18.0. The van der Waals surface area contributed by atoms with Crippen LogP contribution in [0.15, 0.2) is 36.5 Å². The summed E-state index contributed by atoms with van der Waals surface area (Å²) in [6.07, 6.45) is 2.09. The van der Waals surface area contributed by atoms with E-state index in [1.165, 1.54) is 0 Å². The van der Waals surface area contributed by atoms with Gasteiger partial charge in [0.05, 0.1) is 24.2 Å². The Hall–Kier alpha value is -2.34. The van der Waals surface area contributed by atoms with E-state index < -0.39 is 11.9 Å². The molecule has 1 aliphatic heterocycles. The number of nitrogens with zero attached hydrogens (tertiary/aromatic N) is 3. The van der Waals surface area contributed by atoms with Crippen molar-refractivity contribution in [3.8, 4) is 0 Å². The Bertz CT molecular complexity index is 730. The molecule has 0 radical (unpaired) electrons. The lowest BCUT2D eigenvalue weighted by Crippen LogP contribution is -2.30. The summed E-state index contributed by atoms with van der Waals surface area (Å²) >= 11 is 0. The Morgan fingerprint density at radius 3 is 2.62 bits per heavy atom. The molecular weight excluding hydrogens is 330 g/mol. The van der Waals surface area contributed by atoms with Crippen LogP contribution < -0.4 is 0 Å². The van der Waals surface area contributed by atoms with E-state index in [4.69, 9.17) is 5.11 Å². The van der Waals surface area contributed by atoms with Crippen LogP contribution in [0.2, 0.25) is 0 Å². The maximum absolute atomic E-state index is 12.6. The molecule has 3 rings (SSSR count). The summed E-state index contributed by atoms with van der Waals surface area (Å²) in [6, 6.07) is 9.93. The van der Waals surface area contributed by atoms with Crippen molar-refractivity contribution in [1.29, 1.82) is 0 Å². The minimum Gasteiger partial charge on any atom is -0.481 e. The van der Waals surface area contributed by atoms with Crippen LogP contribution in [0.3, 0.4) is 0 Å². The third-order valence-corrected chi connectivity index (χ3v) is 4.33. The summed E-state index contributed by atoms with van der Waals surface area (Å²) in [4.78, 5) is 25.2. The number of amides is 1. The highest BCUT2D eigenvalue weighted by Crippen LogP contribution is 2.20. The molecule has 1 aromatic heterocycles. The minimum atomic E-state index is -0.836. The lowest BCUT2D eigenvalue weighted by atomic mass is 10.1. The van der Waals surface area contributed by atoms with Crippen molar-refractivity contribution >= 4 is 24.3 Å². The van der Waals surface area contributed by atoms with Gasteiger partial charge >= 0.3 is 5.97 Å². The third kappa shape index (κ3) is 3.59. The van der Waals surface area contributed by atoms with Crippen molar-refractivity contribution in [1.82, 2.24) is 14.7 Å². The smallest absolute Gasteiger partial charge is 0.308 e. The van der Waals surface area contributed by atoms with E-state index in [1.54, 1.807) is 15.8 Å². The van der Waals surface area contributed by atoms with E-state index >= 15 is 0 Å². The molecule has 1 N–H and O–H groups in total. The summed E-state index contributed by atoms with van der Waals surface area (Å²) < 4.78 is 1.80. The summed E-state index contributed by atoms with van der Waals surface area (Å²) in [7, 11) is 0. The molecule has 1 atom stereocenters. The van der Waals surface area contributed by atoms with E-state index in [1.807, 2.05) is 37.3 Å². The van der Waals surface area contributed by atoms with Crippen molar-refractivity contribution < 1.29 is 14.7 Å². The quantitative estimate of drug-likeness (QED) is 0.918. The average molecular weight is 350 g/mol. The summed E-state index contributed by atoms with van der Waals surface area (Å²) in [5.74, 6) is -1.43. The molecule has 1 aliphatic rings. The second-order valence-corrected chi connectivity index (χ2v) is 5.86. The molecular formula is C17H20ClN3O3. The van der Waals surface area contributed by atoms with Gasteiger partial charge in [-0.1, -0.05) is 30.3 Å². The van der Waals surface area contributed by atoms with Gasteiger partial charge in [0.25, 0.3) is 5.91 Å². The largest absolute Gasteiger partial charge is 0.481 e. The molecule has 2 aromatic rings. The van der Waals surface area contributed by atoms with Gasteiger partial charge in [-0.2, -0.15) is 5.10 Å². The fraction of sp³-hybridized carbons (Fsp3) is 0.353. The molecule has 0 aliphatic carbocycles. The van der Waals surface area contributed by atoms with Gasteiger partial charge in [0.15, 0.2) is 0 Å². The van der Waals surface area contributed by atoms with Crippen molar-refractivity contribution in [2.75, 3.05) is 13.1 Å². The van der Waals surface area contributed by atoms with E-state index in [0.717, 1.165) is 11.3 Å². The molecule has 1 saturated heterocycles. The lowest BCUT2D eigenvalue weighted by Gasteiger charge is -2.15. The van der Waals surface area contributed by atoms with Gasteiger partial charge in [-0.25, -0.2) is 0 Å². The molecule has 0 saturated carbocycles. The number of rotatable bonds is 4. The van der Waals surface area contributed by atoms with Gasteiger partial charge in [0, 0.05) is 18.8 Å². The number of likely N-dealkylation sites (tertiary alicyclic amines) is 1. The Morgan fingerprint density at radius 1 is 1.29 bits per heavy atom. The molecule has 7 heteroatoms. The first-order valence-corrected chi connectivity index (χ1v) is 7.64. The van der Waals surface area contributed by atoms with Gasteiger partial charge in [0.2, 0.25) is 0 Å². The van der Waals surface area contributed by atoms with Gasteiger partial charge in [0.1, 0.15) is 0 Å². The highest BCUT2D eigenvalue weighted by molar-refractivity contribution is 5.95. The fourth-order valence-electron chi connectivity index (χ4n) is 2.89. The SMILES string of the molecule is Cc1c(C(=O)N2CCC(C(=O)O)C2)cnn1Cc1ccccc1.Cl. The second-order valence-electron chi connectivity index (χ2n) is 5.86. The Labute approximate surface area is 146 Å². The normalized spacial score (nSPS) is 16.7. The lowest BCUT2D eigenvalue weighted by molar-refractivity contribution is -0.141. The molecule has 2 heterocycles.